The van der Waals surface area contributed by atoms with Gasteiger partial charge in [0.25, 0.3) is 0 Å². The minimum Gasteiger partial charge on any atom is -0.481 e. The summed E-state index contributed by atoms with van der Waals surface area (Å²) in [6, 6.07) is 0. The number of carboxylic acid groups (broad SMARTS) is 1. The molecule has 1 heterocycles. The first-order chi connectivity index (χ1) is 5.20. The van der Waals surface area contributed by atoms with Gasteiger partial charge in [0.2, 0.25) is 0 Å². The average Bonchev–Trinajstić information content (AvgIpc) is 1.93. The van der Waals surface area contributed by atoms with Crippen LogP contribution in [0.3, 0.4) is 0 Å². The third kappa shape index (κ3) is 2.50. The van der Waals surface area contributed by atoms with Gasteiger partial charge in [-0.3, -0.25) is 4.79 Å². The molecule has 0 aromatic heterocycles. The molecule has 0 amide bonds. The Balaban J connectivity index is 2.35. The topological polar surface area (TPSA) is 49.3 Å². The van der Waals surface area contributed by atoms with Crippen LogP contribution in [0.4, 0.5) is 0 Å². The molecule has 1 aliphatic rings. The van der Waals surface area contributed by atoms with Crippen LogP contribution >= 0.6 is 0 Å². The molecule has 3 heteroatoms. The van der Waals surface area contributed by atoms with Gasteiger partial charge in [-0.05, 0) is 31.3 Å². The summed E-state index contributed by atoms with van der Waals surface area (Å²) in [6.07, 6.45) is 1.34. The van der Waals surface area contributed by atoms with E-state index in [2.05, 4.69) is 12.2 Å². The molecule has 0 spiro atoms. The molecule has 3 nitrogen and oxygen atoms in total. The van der Waals surface area contributed by atoms with Crippen molar-refractivity contribution in [3.63, 3.8) is 0 Å². The number of carboxylic acids is 1. The predicted octanol–water partition coefficient (Wildman–Crippen LogP) is 0.707. The SMILES string of the molecule is C[C@H]1CNCC[C@@H]1CC(=O)O. The quantitative estimate of drug-likeness (QED) is 0.620. The Morgan fingerprint density at radius 1 is 1.73 bits per heavy atom. The molecule has 2 N–H and O–H groups in total. The zero-order valence-electron chi connectivity index (χ0n) is 6.84. The van der Waals surface area contributed by atoms with Gasteiger partial charge in [0.05, 0.1) is 0 Å². The summed E-state index contributed by atoms with van der Waals surface area (Å²) >= 11 is 0. The fourth-order valence-electron chi connectivity index (χ4n) is 1.60. The van der Waals surface area contributed by atoms with Crippen molar-refractivity contribution < 1.29 is 9.90 Å². The molecule has 0 aliphatic carbocycles. The minimum absolute atomic E-state index is 0.336. The van der Waals surface area contributed by atoms with E-state index >= 15 is 0 Å². The van der Waals surface area contributed by atoms with E-state index in [1.54, 1.807) is 0 Å². The highest BCUT2D eigenvalue weighted by Crippen LogP contribution is 2.21. The maximum Gasteiger partial charge on any atom is 0.303 e. The Bertz CT molecular complexity index is 147. The molecule has 0 saturated carbocycles. The molecule has 2 atom stereocenters. The normalized spacial score (nSPS) is 31.7. The number of rotatable bonds is 2. The molecule has 64 valence electrons. The minimum atomic E-state index is -0.663. The largest absolute Gasteiger partial charge is 0.481 e. The maximum absolute atomic E-state index is 10.4. The first kappa shape index (κ1) is 8.53. The summed E-state index contributed by atoms with van der Waals surface area (Å²) in [7, 11) is 0. The van der Waals surface area contributed by atoms with Crippen molar-refractivity contribution in [3.8, 4) is 0 Å². The third-order valence-electron chi connectivity index (χ3n) is 2.40. The number of hydrogen-bond acceptors (Lipinski definition) is 2. The van der Waals surface area contributed by atoms with E-state index in [4.69, 9.17) is 5.11 Å². The van der Waals surface area contributed by atoms with Crippen molar-refractivity contribution in [1.82, 2.24) is 5.32 Å². The van der Waals surface area contributed by atoms with E-state index in [-0.39, 0.29) is 0 Å². The van der Waals surface area contributed by atoms with E-state index in [1.807, 2.05) is 0 Å². The second-order valence-corrected chi connectivity index (χ2v) is 3.33. The lowest BCUT2D eigenvalue weighted by Crippen LogP contribution is -2.35. The number of carbonyl (C=O) groups is 1. The van der Waals surface area contributed by atoms with E-state index in [0.717, 1.165) is 19.5 Å². The van der Waals surface area contributed by atoms with Gasteiger partial charge in [0.15, 0.2) is 0 Å². The molecular formula is C8H15NO2. The van der Waals surface area contributed by atoms with E-state index < -0.39 is 5.97 Å². The molecule has 0 radical (unpaired) electrons. The van der Waals surface area contributed by atoms with Crippen LogP contribution in [0.5, 0.6) is 0 Å². The van der Waals surface area contributed by atoms with Gasteiger partial charge < -0.3 is 10.4 Å². The van der Waals surface area contributed by atoms with Gasteiger partial charge in [-0.25, -0.2) is 0 Å². The van der Waals surface area contributed by atoms with Crippen molar-refractivity contribution in [2.24, 2.45) is 11.8 Å². The van der Waals surface area contributed by atoms with Gasteiger partial charge in [0.1, 0.15) is 0 Å². The first-order valence-electron chi connectivity index (χ1n) is 4.12. The molecule has 11 heavy (non-hydrogen) atoms. The number of piperidine rings is 1. The summed E-state index contributed by atoms with van der Waals surface area (Å²) in [5.74, 6) is 0.234. The zero-order chi connectivity index (χ0) is 8.27. The van der Waals surface area contributed by atoms with Crippen molar-refractivity contribution in [3.05, 3.63) is 0 Å². The average molecular weight is 157 g/mol. The van der Waals surface area contributed by atoms with Crippen LogP contribution < -0.4 is 5.32 Å². The van der Waals surface area contributed by atoms with Crippen LogP contribution in [0.1, 0.15) is 19.8 Å². The Morgan fingerprint density at radius 2 is 2.45 bits per heavy atom. The van der Waals surface area contributed by atoms with Crippen LogP contribution in [0.2, 0.25) is 0 Å². The van der Waals surface area contributed by atoms with E-state index in [1.165, 1.54) is 0 Å². The standard InChI is InChI=1S/C8H15NO2/c1-6-5-9-3-2-7(6)4-8(10)11/h6-7,9H,2-5H2,1H3,(H,10,11)/t6-,7+/m0/s1. The molecule has 0 aromatic rings. The predicted molar refractivity (Wildman–Crippen MR) is 42.4 cm³/mol. The molecule has 0 aromatic carbocycles. The highest BCUT2D eigenvalue weighted by Gasteiger charge is 2.22. The van der Waals surface area contributed by atoms with E-state index in [0.29, 0.717) is 18.3 Å². The van der Waals surface area contributed by atoms with Crippen molar-refractivity contribution in [1.29, 1.82) is 0 Å². The van der Waals surface area contributed by atoms with Gasteiger partial charge in [0, 0.05) is 6.42 Å². The first-order valence-corrected chi connectivity index (χ1v) is 4.12. The zero-order valence-corrected chi connectivity index (χ0v) is 6.84. The highest BCUT2D eigenvalue weighted by atomic mass is 16.4. The lowest BCUT2D eigenvalue weighted by Gasteiger charge is -2.28. The summed E-state index contributed by atoms with van der Waals surface area (Å²) in [5.41, 5.74) is 0. The van der Waals surface area contributed by atoms with Gasteiger partial charge in [-0.15, -0.1) is 0 Å². The summed E-state index contributed by atoms with van der Waals surface area (Å²) < 4.78 is 0. The van der Waals surface area contributed by atoms with Gasteiger partial charge in [-0.2, -0.15) is 0 Å². The van der Waals surface area contributed by atoms with Crippen LogP contribution in [0.25, 0.3) is 0 Å². The number of nitrogens with one attached hydrogen (secondary N) is 1. The van der Waals surface area contributed by atoms with Crippen LogP contribution in [-0.2, 0) is 4.79 Å². The second-order valence-electron chi connectivity index (χ2n) is 3.33. The fourth-order valence-corrected chi connectivity index (χ4v) is 1.60. The Labute approximate surface area is 66.8 Å². The van der Waals surface area contributed by atoms with Crippen LogP contribution in [0.15, 0.2) is 0 Å². The van der Waals surface area contributed by atoms with Crippen LogP contribution in [-0.4, -0.2) is 24.2 Å². The van der Waals surface area contributed by atoms with Crippen LogP contribution in [0, 0.1) is 11.8 Å². The maximum atomic E-state index is 10.4. The van der Waals surface area contributed by atoms with Crippen molar-refractivity contribution in [2.45, 2.75) is 19.8 Å². The van der Waals surface area contributed by atoms with Crippen molar-refractivity contribution in [2.75, 3.05) is 13.1 Å². The highest BCUT2D eigenvalue weighted by molar-refractivity contribution is 5.67. The number of aliphatic carboxylic acids is 1. The molecule has 1 saturated heterocycles. The molecule has 1 fully saturated rings. The molecular weight excluding hydrogens is 142 g/mol. The summed E-state index contributed by atoms with van der Waals surface area (Å²) in [4.78, 5) is 10.4. The lowest BCUT2D eigenvalue weighted by molar-refractivity contribution is -0.138. The molecule has 0 unspecified atom stereocenters. The van der Waals surface area contributed by atoms with Gasteiger partial charge >= 0.3 is 5.97 Å². The summed E-state index contributed by atoms with van der Waals surface area (Å²) in [6.45, 7) is 4.06. The summed E-state index contributed by atoms with van der Waals surface area (Å²) in [5, 5.41) is 11.8. The second kappa shape index (κ2) is 3.72. The molecule has 0 bridgehead atoms. The van der Waals surface area contributed by atoms with Crippen molar-refractivity contribution >= 4 is 5.97 Å². The Hall–Kier alpha value is -0.570. The lowest BCUT2D eigenvalue weighted by atomic mass is 9.85. The fraction of sp³-hybridized carbons (Fsp3) is 0.875. The monoisotopic (exact) mass is 157 g/mol. The molecule has 1 rings (SSSR count). The Kier molecular flexibility index (Phi) is 2.88. The number of hydrogen-bond donors (Lipinski definition) is 2. The third-order valence-corrected chi connectivity index (χ3v) is 2.40. The van der Waals surface area contributed by atoms with E-state index in [9.17, 15) is 4.79 Å². The smallest absolute Gasteiger partial charge is 0.303 e. The van der Waals surface area contributed by atoms with Gasteiger partial charge in [-0.1, -0.05) is 6.92 Å². The molecule has 1 aliphatic heterocycles. The Morgan fingerprint density at radius 3 is 3.00 bits per heavy atom.